The van der Waals surface area contributed by atoms with Crippen molar-refractivity contribution in [3.63, 3.8) is 0 Å². The van der Waals surface area contributed by atoms with E-state index in [0.29, 0.717) is 23.7 Å². The summed E-state index contributed by atoms with van der Waals surface area (Å²) in [5.41, 5.74) is 1.68. The molecule has 0 radical (unpaired) electrons. The molecule has 1 aromatic heterocycles. The van der Waals surface area contributed by atoms with Gasteiger partial charge in [0.1, 0.15) is 16.3 Å². The maximum Gasteiger partial charge on any atom is 0.350 e. The molecule has 1 aromatic carbocycles. The van der Waals surface area contributed by atoms with E-state index in [1.807, 2.05) is 6.07 Å². The number of anilines is 2. The number of esters is 1. The summed E-state index contributed by atoms with van der Waals surface area (Å²) in [4.78, 5) is 12.1. The molecule has 2 heterocycles. The van der Waals surface area contributed by atoms with Gasteiger partial charge < -0.3 is 9.47 Å². The molecular weight excluding hydrogens is 406 g/mol. The highest BCUT2D eigenvalue weighted by atomic mass is 79.9. The van der Waals surface area contributed by atoms with Gasteiger partial charge in [-0.1, -0.05) is 15.9 Å². The average Bonchev–Trinajstić information content (AvgIpc) is 3.15. The fourth-order valence-electron chi connectivity index (χ4n) is 2.41. The largest absolute Gasteiger partial charge is 0.491 e. The van der Waals surface area contributed by atoms with Crippen molar-refractivity contribution < 1.29 is 23.0 Å². The third kappa shape index (κ3) is 3.01. The number of fused-ring (bicyclic) bond motifs is 1. The molecule has 122 valence electrons. The Kier molecular flexibility index (Phi) is 4.72. The second kappa shape index (κ2) is 6.60. The first kappa shape index (κ1) is 16.4. The summed E-state index contributed by atoms with van der Waals surface area (Å²) in [6.07, 6.45) is 0.723. The molecule has 9 heteroatoms. The lowest BCUT2D eigenvalue weighted by Gasteiger charge is -2.22. The van der Waals surface area contributed by atoms with Gasteiger partial charge in [-0.25, -0.2) is 13.3 Å². The molecule has 1 aliphatic rings. The number of benzene rings is 1. The van der Waals surface area contributed by atoms with Crippen molar-refractivity contribution in [2.45, 2.75) is 6.42 Å². The number of carbonyl (C=O) groups excluding carboxylic acids is 1. The van der Waals surface area contributed by atoms with Crippen molar-refractivity contribution in [1.82, 2.24) is 0 Å². The van der Waals surface area contributed by atoms with Gasteiger partial charge >= 0.3 is 5.97 Å². The Bertz CT molecular complexity index is 791. The molecule has 23 heavy (non-hydrogen) atoms. The van der Waals surface area contributed by atoms with Crippen LogP contribution in [0.5, 0.6) is 5.75 Å². The predicted molar refractivity (Wildman–Crippen MR) is 91.9 cm³/mol. The van der Waals surface area contributed by atoms with E-state index >= 15 is 0 Å². The van der Waals surface area contributed by atoms with Crippen LogP contribution in [0.3, 0.4) is 0 Å². The summed E-state index contributed by atoms with van der Waals surface area (Å²) in [6.45, 7) is 0.512. The molecule has 0 fully saturated rings. The summed E-state index contributed by atoms with van der Waals surface area (Å²) >= 11 is 2.17. The van der Waals surface area contributed by atoms with E-state index in [0.717, 1.165) is 32.1 Å². The average molecular weight is 418 g/mol. The number of carbonyl (C=O) groups is 1. The maximum absolute atomic E-state index is 12.0. The lowest BCUT2D eigenvalue weighted by Crippen LogP contribution is -2.21. The minimum Gasteiger partial charge on any atom is -0.491 e. The first-order valence-electron chi connectivity index (χ1n) is 6.55. The van der Waals surface area contributed by atoms with Crippen LogP contribution < -0.4 is 9.04 Å². The van der Waals surface area contributed by atoms with Gasteiger partial charge in [0.15, 0.2) is 0 Å². The molecule has 1 unspecified atom stereocenters. The molecule has 0 amide bonds. The van der Waals surface area contributed by atoms with Gasteiger partial charge in [-0.05, 0) is 23.6 Å². The Morgan fingerprint density at radius 3 is 2.96 bits per heavy atom. The van der Waals surface area contributed by atoms with E-state index in [-0.39, 0.29) is 4.88 Å². The minimum atomic E-state index is -2.38. The first-order valence-corrected chi connectivity index (χ1v) is 9.28. The van der Waals surface area contributed by atoms with E-state index in [4.69, 9.17) is 9.47 Å². The molecule has 0 aliphatic carbocycles. The molecule has 1 N–H and O–H groups in total. The number of hydrogen-bond donors (Lipinski definition) is 1. The monoisotopic (exact) mass is 417 g/mol. The molecule has 2 aromatic rings. The van der Waals surface area contributed by atoms with Crippen LogP contribution in [-0.2, 0) is 22.4 Å². The van der Waals surface area contributed by atoms with Crippen LogP contribution in [0.25, 0.3) is 0 Å². The molecule has 3 rings (SSSR count). The predicted octanol–water partition coefficient (Wildman–Crippen LogP) is 3.51. The molecule has 1 aliphatic heterocycles. The maximum atomic E-state index is 12.0. The molecule has 0 saturated heterocycles. The normalized spacial score (nSPS) is 14.0. The van der Waals surface area contributed by atoms with E-state index in [1.165, 1.54) is 7.11 Å². The zero-order valence-corrected chi connectivity index (χ0v) is 15.2. The van der Waals surface area contributed by atoms with Crippen molar-refractivity contribution >= 4 is 55.9 Å². The van der Waals surface area contributed by atoms with Crippen LogP contribution >= 0.6 is 27.3 Å². The van der Waals surface area contributed by atoms with Crippen molar-refractivity contribution in [1.29, 1.82) is 0 Å². The number of hydrogen-bond acceptors (Lipinski definition) is 5. The highest BCUT2D eigenvalue weighted by Gasteiger charge is 2.29. The summed E-state index contributed by atoms with van der Waals surface area (Å²) < 4.78 is 34.1. The standard InChI is InChI=1S/C14H12BrNO5S2/c1-20-14(17)13-10(3-5-22-13)16(23(18)19)11-7-9(15)6-8-2-4-21-12(8)11/h3,5-7H,2,4H2,1H3,(H,18,19). The van der Waals surface area contributed by atoms with Crippen LogP contribution in [0.4, 0.5) is 11.4 Å². The quantitative estimate of drug-likeness (QED) is 0.608. The Morgan fingerprint density at radius 2 is 2.26 bits per heavy atom. The third-order valence-corrected chi connectivity index (χ3v) is 5.39. The van der Waals surface area contributed by atoms with Gasteiger partial charge in [-0.15, -0.1) is 11.3 Å². The fraction of sp³-hybridized carbons (Fsp3) is 0.214. The SMILES string of the molecule is COC(=O)c1sccc1N(c1cc(Br)cc2c1OCC2)S(=O)O. The van der Waals surface area contributed by atoms with Crippen molar-refractivity contribution in [2.75, 3.05) is 18.0 Å². The Hall–Kier alpha value is -1.42. The number of ether oxygens (including phenoxy) is 2. The van der Waals surface area contributed by atoms with Crippen molar-refractivity contribution in [3.8, 4) is 5.75 Å². The van der Waals surface area contributed by atoms with Crippen LogP contribution in [0.1, 0.15) is 15.2 Å². The number of thiophene rings is 1. The summed E-state index contributed by atoms with van der Waals surface area (Å²) in [5.74, 6) is -0.00405. The molecule has 0 bridgehead atoms. The molecule has 6 nitrogen and oxygen atoms in total. The summed E-state index contributed by atoms with van der Waals surface area (Å²) in [6, 6.07) is 5.21. The van der Waals surface area contributed by atoms with E-state index in [2.05, 4.69) is 15.9 Å². The Labute approximate surface area is 147 Å². The second-order valence-corrected chi connectivity index (χ2v) is 7.32. The van der Waals surface area contributed by atoms with Crippen molar-refractivity contribution in [3.05, 3.63) is 38.5 Å². The topological polar surface area (TPSA) is 76.1 Å². The van der Waals surface area contributed by atoms with Gasteiger partial charge in [0, 0.05) is 16.5 Å². The Balaban J connectivity index is 2.17. The number of nitrogens with zero attached hydrogens (tertiary/aromatic N) is 1. The highest BCUT2D eigenvalue weighted by molar-refractivity contribution is 9.10. The summed E-state index contributed by atoms with van der Waals surface area (Å²) in [5, 5.41) is 1.67. The van der Waals surface area contributed by atoms with Gasteiger partial charge in [0.05, 0.1) is 19.4 Å². The number of methoxy groups -OCH3 is 1. The lowest BCUT2D eigenvalue weighted by molar-refractivity contribution is 0.0607. The number of rotatable bonds is 4. The summed E-state index contributed by atoms with van der Waals surface area (Å²) in [7, 11) is 1.27. The molecule has 0 saturated carbocycles. The van der Waals surface area contributed by atoms with Crippen LogP contribution in [0, 0.1) is 0 Å². The molecule has 0 spiro atoms. The molecular formula is C14H12BrNO5S2. The van der Waals surface area contributed by atoms with Gasteiger partial charge in [-0.2, -0.15) is 0 Å². The van der Waals surface area contributed by atoms with Crippen LogP contribution in [0.2, 0.25) is 0 Å². The lowest BCUT2D eigenvalue weighted by atomic mass is 10.1. The van der Waals surface area contributed by atoms with Gasteiger partial charge in [0.2, 0.25) is 0 Å². The van der Waals surface area contributed by atoms with Crippen LogP contribution in [-0.4, -0.2) is 28.4 Å². The van der Waals surface area contributed by atoms with E-state index in [1.54, 1.807) is 17.5 Å². The zero-order valence-electron chi connectivity index (χ0n) is 11.9. The van der Waals surface area contributed by atoms with E-state index < -0.39 is 17.2 Å². The van der Waals surface area contributed by atoms with E-state index in [9.17, 15) is 13.6 Å². The van der Waals surface area contributed by atoms with Gasteiger partial charge in [-0.3, -0.25) is 4.55 Å². The van der Waals surface area contributed by atoms with Crippen molar-refractivity contribution in [2.24, 2.45) is 0 Å². The first-order chi connectivity index (χ1) is 11.0. The fourth-order valence-corrected chi connectivity index (χ4v) is 4.37. The zero-order chi connectivity index (χ0) is 16.6. The minimum absolute atomic E-state index is 0.252. The smallest absolute Gasteiger partial charge is 0.350 e. The Morgan fingerprint density at radius 1 is 1.48 bits per heavy atom. The van der Waals surface area contributed by atoms with Gasteiger partial charge in [0.25, 0.3) is 11.3 Å². The highest BCUT2D eigenvalue weighted by Crippen LogP contribution is 2.44. The number of halogens is 1. The molecule has 1 atom stereocenters. The third-order valence-electron chi connectivity index (χ3n) is 3.34. The van der Waals surface area contributed by atoms with Crippen LogP contribution in [0.15, 0.2) is 28.1 Å². The second-order valence-electron chi connectivity index (χ2n) is 4.66.